The maximum absolute atomic E-state index is 5.71. The number of likely N-dealkylation sites (N-methyl/N-ethyl adjacent to an activating group) is 1. The summed E-state index contributed by atoms with van der Waals surface area (Å²) in [6.45, 7) is 2.87. The lowest BCUT2D eigenvalue weighted by molar-refractivity contribution is 0.277. The summed E-state index contributed by atoms with van der Waals surface area (Å²) in [5.74, 6) is 0.550. The molecule has 0 spiro atoms. The average molecular weight is 183 g/mol. The van der Waals surface area contributed by atoms with Crippen LogP contribution < -0.4 is 11.5 Å². The van der Waals surface area contributed by atoms with Gasteiger partial charge in [-0.3, -0.25) is 0 Å². The molecule has 0 radical (unpaired) electrons. The number of aromatic nitrogens is 2. The van der Waals surface area contributed by atoms with E-state index < -0.39 is 0 Å². The van der Waals surface area contributed by atoms with Crippen LogP contribution >= 0.6 is 0 Å². The molecule has 13 heavy (non-hydrogen) atoms. The molecule has 1 unspecified atom stereocenters. The Labute approximate surface area is 78.3 Å². The Hall–Kier alpha value is -1.23. The minimum absolute atomic E-state index is 0.390. The molecule has 0 fully saturated rings. The van der Waals surface area contributed by atoms with Crippen molar-refractivity contribution in [1.29, 1.82) is 0 Å². The predicted molar refractivity (Wildman–Crippen MR) is 54.2 cm³/mol. The lowest BCUT2D eigenvalue weighted by Gasteiger charge is -2.19. The first kappa shape index (κ1) is 9.85. The van der Waals surface area contributed by atoms with Crippen molar-refractivity contribution in [3.63, 3.8) is 0 Å². The fourth-order valence-corrected chi connectivity index (χ4v) is 0.968. The minimum Gasteiger partial charge on any atom is -0.394 e. The van der Waals surface area contributed by atoms with Crippen molar-refractivity contribution in [2.24, 2.45) is 0 Å². The highest BCUT2D eigenvalue weighted by atomic mass is 15.3. The molecule has 5 heteroatoms. The van der Waals surface area contributed by atoms with Gasteiger partial charge in [0.05, 0.1) is 18.4 Å². The highest BCUT2D eigenvalue weighted by Crippen LogP contribution is 2.13. The Bertz CT molecular complexity index is 278. The van der Waals surface area contributed by atoms with Gasteiger partial charge in [0.2, 0.25) is 0 Å². The maximum atomic E-state index is 5.71. The van der Waals surface area contributed by atoms with Crippen LogP contribution in [0.3, 0.4) is 0 Å². The van der Waals surface area contributed by atoms with Crippen molar-refractivity contribution >= 4 is 11.5 Å². The molecule has 0 amide bonds. The van der Waals surface area contributed by atoms with Gasteiger partial charge in [-0.2, -0.15) is 5.10 Å². The van der Waals surface area contributed by atoms with E-state index in [-0.39, 0.29) is 0 Å². The van der Waals surface area contributed by atoms with Crippen molar-refractivity contribution in [2.75, 3.05) is 25.6 Å². The molecule has 1 aromatic rings. The zero-order valence-corrected chi connectivity index (χ0v) is 8.36. The van der Waals surface area contributed by atoms with Crippen molar-refractivity contribution in [2.45, 2.75) is 19.5 Å². The Balaban J connectivity index is 2.69. The smallest absolute Gasteiger partial charge is 0.145 e. The second-order valence-electron chi connectivity index (χ2n) is 3.48. The minimum atomic E-state index is 0.390. The first-order chi connectivity index (χ1) is 6.02. The first-order valence-corrected chi connectivity index (χ1v) is 4.25. The topological polar surface area (TPSA) is 73.1 Å². The van der Waals surface area contributed by atoms with Crippen LogP contribution in [-0.4, -0.2) is 34.8 Å². The van der Waals surface area contributed by atoms with Crippen molar-refractivity contribution < 1.29 is 0 Å². The molecule has 0 bridgehead atoms. The van der Waals surface area contributed by atoms with Crippen LogP contribution in [0.5, 0.6) is 0 Å². The van der Waals surface area contributed by atoms with Gasteiger partial charge in [-0.15, -0.1) is 0 Å². The van der Waals surface area contributed by atoms with Gasteiger partial charge in [0, 0.05) is 6.04 Å². The zero-order chi connectivity index (χ0) is 10.0. The molecule has 1 atom stereocenters. The van der Waals surface area contributed by atoms with Gasteiger partial charge in [-0.1, -0.05) is 0 Å². The summed E-state index contributed by atoms with van der Waals surface area (Å²) in [6.07, 6.45) is 1.58. The molecule has 4 N–H and O–H groups in total. The number of rotatable bonds is 3. The molecular formula is C8H17N5. The largest absolute Gasteiger partial charge is 0.394 e. The van der Waals surface area contributed by atoms with Crippen LogP contribution in [0.4, 0.5) is 11.5 Å². The van der Waals surface area contributed by atoms with Crippen LogP contribution in [0.25, 0.3) is 0 Å². The standard InChI is InChI=1S/C8H17N5/c1-6(12(2)3)5-13-8(10)7(9)4-11-13/h4,6H,5,9-10H2,1-3H3. The molecule has 0 aliphatic carbocycles. The van der Waals surface area contributed by atoms with Gasteiger partial charge in [0.25, 0.3) is 0 Å². The highest BCUT2D eigenvalue weighted by Gasteiger charge is 2.09. The van der Waals surface area contributed by atoms with E-state index in [0.29, 0.717) is 17.5 Å². The summed E-state index contributed by atoms with van der Waals surface area (Å²) >= 11 is 0. The molecule has 5 nitrogen and oxygen atoms in total. The van der Waals surface area contributed by atoms with E-state index in [1.807, 2.05) is 14.1 Å². The second-order valence-corrected chi connectivity index (χ2v) is 3.48. The van der Waals surface area contributed by atoms with E-state index in [1.54, 1.807) is 10.9 Å². The van der Waals surface area contributed by atoms with Crippen LogP contribution in [0.15, 0.2) is 6.20 Å². The molecule has 0 saturated heterocycles. The van der Waals surface area contributed by atoms with E-state index >= 15 is 0 Å². The van der Waals surface area contributed by atoms with E-state index in [9.17, 15) is 0 Å². The van der Waals surface area contributed by atoms with Gasteiger partial charge in [-0.25, -0.2) is 4.68 Å². The van der Waals surface area contributed by atoms with E-state index in [0.717, 1.165) is 6.54 Å². The molecule has 74 valence electrons. The van der Waals surface area contributed by atoms with Gasteiger partial charge < -0.3 is 16.4 Å². The molecule has 0 aliphatic heterocycles. The van der Waals surface area contributed by atoms with Crippen molar-refractivity contribution in [3.05, 3.63) is 6.20 Å². The fraction of sp³-hybridized carbons (Fsp3) is 0.625. The first-order valence-electron chi connectivity index (χ1n) is 4.25. The second kappa shape index (κ2) is 3.66. The Morgan fingerprint density at radius 1 is 1.54 bits per heavy atom. The van der Waals surface area contributed by atoms with Crippen LogP contribution in [-0.2, 0) is 6.54 Å². The van der Waals surface area contributed by atoms with Gasteiger partial charge in [0.1, 0.15) is 5.82 Å². The third-order valence-corrected chi connectivity index (χ3v) is 2.23. The van der Waals surface area contributed by atoms with Crippen LogP contribution in [0.1, 0.15) is 6.92 Å². The third-order valence-electron chi connectivity index (χ3n) is 2.23. The molecule has 1 aromatic heterocycles. The number of nitrogen functional groups attached to an aromatic ring is 2. The molecule has 0 saturated carbocycles. The number of hydrogen-bond acceptors (Lipinski definition) is 4. The Morgan fingerprint density at radius 2 is 2.15 bits per heavy atom. The summed E-state index contributed by atoms with van der Waals surface area (Å²) in [7, 11) is 4.04. The number of hydrogen-bond donors (Lipinski definition) is 2. The van der Waals surface area contributed by atoms with E-state index in [2.05, 4.69) is 16.9 Å². The van der Waals surface area contributed by atoms with Gasteiger partial charge in [0.15, 0.2) is 0 Å². The third kappa shape index (κ3) is 2.12. The van der Waals surface area contributed by atoms with E-state index in [1.165, 1.54) is 0 Å². The number of anilines is 2. The Morgan fingerprint density at radius 3 is 2.54 bits per heavy atom. The van der Waals surface area contributed by atoms with Crippen molar-refractivity contribution in [3.8, 4) is 0 Å². The number of nitrogens with two attached hydrogens (primary N) is 2. The molecule has 1 rings (SSSR count). The summed E-state index contributed by atoms with van der Waals surface area (Å²) in [6, 6.07) is 0.390. The molecule has 0 aromatic carbocycles. The molecular weight excluding hydrogens is 166 g/mol. The summed E-state index contributed by atoms with van der Waals surface area (Å²) in [5, 5.41) is 4.08. The van der Waals surface area contributed by atoms with Crippen molar-refractivity contribution in [1.82, 2.24) is 14.7 Å². The molecule has 0 aliphatic rings. The summed E-state index contributed by atoms with van der Waals surface area (Å²) in [4.78, 5) is 2.11. The van der Waals surface area contributed by atoms with Crippen LogP contribution in [0.2, 0.25) is 0 Å². The predicted octanol–water partition coefficient (Wildman–Crippen LogP) is -0.00240. The zero-order valence-electron chi connectivity index (χ0n) is 8.36. The monoisotopic (exact) mass is 183 g/mol. The van der Waals surface area contributed by atoms with Crippen LogP contribution in [0, 0.1) is 0 Å². The van der Waals surface area contributed by atoms with Gasteiger partial charge in [-0.05, 0) is 21.0 Å². The van der Waals surface area contributed by atoms with E-state index in [4.69, 9.17) is 11.5 Å². The average Bonchev–Trinajstić information content (AvgIpc) is 2.36. The number of nitrogens with zero attached hydrogens (tertiary/aromatic N) is 3. The normalized spacial score (nSPS) is 13.5. The lowest BCUT2D eigenvalue weighted by atomic mass is 10.3. The molecule has 1 heterocycles. The quantitative estimate of drug-likeness (QED) is 0.691. The lowest BCUT2D eigenvalue weighted by Crippen LogP contribution is -2.30. The summed E-state index contributed by atoms with van der Waals surface area (Å²) in [5.41, 5.74) is 11.8. The highest BCUT2D eigenvalue weighted by molar-refractivity contribution is 5.56. The summed E-state index contributed by atoms with van der Waals surface area (Å²) < 4.78 is 1.72. The van der Waals surface area contributed by atoms with Gasteiger partial charge >= 0.3 is 0 Å². The Kier molecular flexibility index (Phi) is 2.77. The SMILES string of the molecule is CC(Cn1ncc(N)c1N)N(C)C. The maximum Gasteiger partial charge on any atom is 0.145 e. The fourth-order valence-electron chi connectivity index (χ4n) is 0.968.